The maximum absolute atomic E-state index is 5.74. The van der Waals surface area contributed by atoms with Gasteiger partial charge in [0.2, 0.25) is 5.88 Å². The largest absolute Gasteiger partial charge is 0.480 e. The van der Waals surface area contributed by atoms with E-state index in [1.54, 1.807) is 13.3 Å². The number of rotatable bonds is 4. The molecule has 0 saturated heterocycles. The monoisotopic (exact) mass is 254 g/mol. The number of nitrogens with zero attached hydrogens (tertiary/aromatic N) is 1. The molecule has 3 aromatic rings. The summed E-state index contributed by atoms with van der Waals surface area (Å²) >= 11 is 0. The van der Waals surface area contributed by atoms with Crippen molar-refractivity contribution in [2.45, 2.75) is 6.54 Å². The van der Waals surface area contributed by atoms with E-state index in [-0.39, 0.29) is 0 Å². The summed E-state index contributed by atoms with van der Waals surface area (Å²) in [4.78, 5) is 4.14. The third kappa shape index (κ3) is 2.38. The topological polar surface area (TPSA) is 47.3 Å². The number of hydrogen-bond donors (Lipinski definition) is 1. The summed E-state index contributed by atoms with van der Waals surface area (Å²) < 4.78 is 10.9. The van der Waals surface area contributed by atoms with Crippen molar-refractivity contribution in [3.8, 4) is 5.88 Å². The predicted octanol–water partition coefficient (Wildman–Crippen LogP) is 3.45. The van der Waals surface area contributed by atoms with Crippen LogP contribution in [0.25, 0.3) is 11.0 Å². The van der Waals surface area contributed by atoms with Gasteiger partial charge in [0.05, 0.1) is 19.3 Å². The summed E-state index contributed by atoms with van der Waals surface area (Å²) in [6, 6.07) is 13.8. The molecule has 0 unspecified atom stereocenters. The first kappa shape index (κ1) is 11.6. The van der Waals surface area contributed by atoms with Gasteiger partial charge >= 0.3 is 0 Å². The zero-order chi connectivity index (χ0) is 13.1. The molecule has 2 aromatic heterocycles. The lowest BCUT2D eigenvalue weighted by molar-refractivity contribution is 0.399. The summed E-state index contributed by atoms with van der Waals surface area (Å²) in [6.07, 6.45) is 1.70. The molecule has 0 radical (unpaired) electrons. The van der Waals surface area contributed by atoms with E-state index in [9.17, 15) is 0 Å². The summed E-state index contributed by atoms with van der Waals surface area (Å²) in [5.41, 5.74) is 1.75. The second-order valence-electron chi connectivity index (χ2n) is 4.16. The van der Waals surface area contributed by atoms with Crippen LogP contribution in [0.3, 0.4) is 0 Å². The van der Waals surface area contributed by atoms with Gasteiger partial charge in [-0.3, -0.25) is 0 Å². The van der Waals surface area contributed by atoms with Crippen molar-refractivity contribution in [3.05, 3.63) is 54.4 Å². The van der Waals surface area contributed by atoms with Crippen LogP contribution in [0.15, 0.2) is 53.1 Å². The predicted molar refractivity (Wildman–Crippen MR) is 74.3 cm³/mol. The van der Waals surface area contributed by atoms with Crippen LogP contribution in [0.1, 0.15) is 5.76 Å². The van der Waals surface area contributed by atoms with Crippen molar-refractivity contribution in [1.29, 1.82) is 0 Å². The minimum Gasteiger partial charge on any atom is -0.480 e. The third-order valence-corrected chi connectivity index (χ3v) is 2.89. The van der Waals surface area contributed by atoms with Gasteiger partial charge in [-0.15, -0.1) is 0 Å². The molecule has 0 spiro atoms. The molecule has 1 aromatic carbocycles. The van der Waals surface area contributed by atoms with Crippen LogP contribution < -0.4 is 10.1 Å². The van der Waals surface area contributed by atoms with Crippen LogP contribution in [0.4, 0.5) is 5.69 Å². The zero-order valence-electron chi connectivity index (χ0n) is 10.6. The van der Waals surface area contributed by atoms with Gasteiger partial charge in [-0.2, -0.15) is 0 Å². The summed E-state index contributed by atoms with van der Waals surface area (Å²) in [5.74, 6) is 1.46. The molecule has 0 aliphatic heterocycles. The molecule has 4 heteroatoms. The molecule has 0 aliphatic rings. The lowest BCUT2D eigenvalue weighted by atomic mass is 10.2. The number of pyridine rings is 1. The number of methoxy groups -OCH3 is 1. The van der Waals surface area contributed by atoms with Crippen molar-refractivity contribution in [3.63, 3.8) is 0 Å². The van der Waals surface area contributed by atoms with Crippen LogP contribution in [-0.2, 0) is 6.54 Å². The number of furan rings is 1. The first-order valence-electron chi connectivity index (χ1n) is 6.07. The summed E-state index contributed by atoms with van der Waals surface area (Å²) in [6.45, 7) is 0.594. The molecule has 0 bridgehead atoms. The molecule has 0 atom stereocenters. The average molecular weight is 254 g/mol. The van der Waals surface area contributed by atoms with E-state index in [2.05, 4.69) is 10.3 Å². The Morgan fingerprint density at radius 3 is 2.95 bits per heavy atom. The molecule has 0 fully saturated rings. The number of benzene rings is 1. The van der Waals surface area contributed by atoms with Gasteiger partial charge in [0.25, 0.3) is 0 Å². The Hall–Kier alpha value is -2.49. The number of anilines is 1. The first-order chi connectivity index (χ1) is 9.36. The van der Waals surface area contributed by atoms with Crippen LogP contribution in [0, 0.1) is 0 Å². The standard InChI is InChI=1S/C15H14N2O2/c1-18-15-13(6-4-8-16-15)17-10-12-9-11-5-2-3-7-14(11)19-12/h2-9,17H,10H2,1H3. The van der Waals surface area contributed by atoms with E-state index in [0.29, 0.717) is 12.4 Å². The van der Waals surface area contributed by atoms with Crippen molar-refractivity contribution < 1.29 is 9.15 Å². The number of fused-ring (bicyclic) bond motifs is 1. The van der Waals surface area contributed by atoms with Gasteiger partial charge < -0.3 is 14.5 Å². The summed E-state index contributed by atoms with van der Waals surface area (Å²) in [7, 11) is 1.61. The van der Waals surface area contributed by atoms with Crippen LogP contribution >= 0.6 is 0 Å². The number of nitrogens with one attached hydrogen (secondary N) is 1. The number of hydrogen-bond acceptors (Lipinski definition) is 4. The zero-order valence-corrected chi connectivity index (χ0v) is 10.6. The van der Waals surface area contributed by atoms with Gasteiger partial charge in [-0.25, -0.2) is 4.98 Å². The molecule has 4 nitrogen and oxygen atoms in total. The molecule has 96 valence electrons. The Morgan fingerprint density at radius 1 is 1.21 bits per heavy atom. The van der Waals surface area contributed by atoms with E-state index >= 15 is 0 Å². The van der Waals surface area contributed by atoms with Gasteiger partial charge in [0.15, 0.2) is 0 Å². The molecule has 0 saturated carbocycles. The molecular formula is C15H14N2O2. The van der Waals surface area contributed by atoms with Crippen LogP contribution in [0.5, 0.6) is 5.88 Å². The van der Waals surface area contributed by atoms with Crippen molar-refractivity contribution in [2.75, 3.05) is 12.4 Å². The molecule has 1 N–H and O–H groups in total. The minimum atomic E-state index is 0.582. The number of ether oxygens (including phenoxy) is 1. The summed E-state index contributed by atoms with van der Waals surface area (Å²) in [5, 5.41) is 4.37. The lowest BCUT2D eigenvalue weighted by Gasteiger charge is -2.07. The number of para-hydroxylation sites is 1. The lowest BCUT2D eigenvalue weighted by Crippen LogP contribution is -2.01. The Kier molecular flexibility index (Phi) is 3.06. The van der Waals surface area contributed by atoms with E-state index in [0.717, 1.165) is 22.4 Å². The highest BCUT2D eigenvalue weighted by Gasteiger charge is 2.05. The molecule has 3 rings (SSSR count). The van der Waals surface area contributed by atoms with E-state index in [1.165, 1.54) is 0 Å². The second-order valence-corrected chi connectivity index (χ2v) is 4.16. The van der Waals surface area contributed by atoms with Gasteiger partial charge in [0, 0.05) is 11.6 Å². The molecular weight excluding hydrogens is 240 g/mol. The highest BCUT2D eigenvalue weighted by molar-refractivity contribution is 5.77. The molecule has 0 amide bonds. The SMILES string of the molecule is COc1ncccc1NCc1cc2ccccc2o1. The Balaban J connectivity index is 1.78. The van der Waals surface area contributed by atoms with Crippen LogP contribution in [0.2, 0.25) is 0 Å². The molecule has 19 heavy (non-hydrogen) atoms. The minimum absolute atomic E-state index is 0.582. The Morgan fingerprint density at radius 2 is 2.11 bits per heavy atom. The first-order valence-corrected chi connectivity index (χ1v) is 6.07. The normalized spacial score (nSPS) is 10.6. The van der Waals surface area contributed by atoms with Crippen molar-refractivity contribution in [1.82, 2.24) is 4.98 Å². The smallest absolute Gasteiger partial charge is 0.237 e. The fourth-order valence-corrected chi connectivity index (χ4v) is 1.99. The maximum Gasteiger partial charge on any atom is 0.237 e. The Bertz CT molecular complexity index is 658. The molecule has 0 aliphatic carbocycles. The van der Waals surface area contributed by atoms with Gasteiger partial charge in [-0.1, -0.05) is 18.2 Å². The fourth-order valence-electron chi connectivity index (χ4n) is 1.99. The van der Waals surface area contributed by atoms with Crippen LogP contribution in [-0.4, -0.2) is 12.1 Å². The quantitative estimate of drug-likeness (QED) is 0.774. The third-order valence-electron chi connectivity index (χ3n) is 2.89. The van der Waals surface area contributed by atoms with Crippen molar-refractivity contribution in [2.24, 2.45) is 0 Å². The highest BCUT2D eigenvalue weighted by atomic mass is 16.5. The van der Waals surface area contributed by atoms with Gasteiger partial charge in [0.1, 0.15) is 11.3 Å². The average Bonchev–Trinajstić information content (AvgIpc) is 2.88. The van der Waals surface area contributed by atoms with E-state index < -0.39 is 0 Å². The Labute approximate surface area is 111 Å². The second kappa shape index (κ2) is 5.02. The van der Waals surface area contributed by atoms with E-state index in [4.69, 9.17) is 9.15 Å². The highest BCUT2D eigenvalue weighted by Crippen LogP contribution is 2.23. The fraction of sp³-hybridized carbons (Fsp3) is 0.133. The van der Waals surface area contributed by atoms with Gasteiger partial charge in [-0.05, 0) is 24.3 Å². The van der Waals surface area contributed by atoms with Crippen molar-refractivity contribution >= 4 is 16.7 Å². The molecule has 2 heterocycles. The number of aromatic nitrogens is 1. The maximum atomic E-state index is 5.74. The van der Waals surface area contributed by atoms with E-state index in [1.807, 2.05) is 42.5 Å².